The van der Waals surface area contributed by atoms with Crippen molar-refractivity contribution in [2.75, 3.05) is 24.5 Å². The summed E-state index contributed by atoms with van der Waals surface area (Å²) in [5.41, 5.74) is 2.27. The summed E-state index contributed by atoms with van der Waals surface area (Å²) >= 11 is 3.50. The van der Waals surface area contributed by atoms with E-state index in [9.17, 15) is 4.79 Å². The quantitative estimate of drug-likeness (QED) is 0.695. The van der Waals surface area contributed by atoms with Crippen LogP contribution in [0.2, 0.25) is 0 Å². The molecule has 3 aromatic heterocycles. The average molecular weight is 371 g/mol. The van der Waals surface area contributed by atoms with Gasteiger partial charge in [-0.15, -0.1) is 11.3 Å². The number of hydrogen-bond donors (Lipinski definition) is 0. The number of hydrogen-bond acceptors (Lipinski definition) is 6. The molecular formula is C18H18N4OS2. The van der Waals surface area contributed by atoms with Crippen molar-refractivity contribution in [3.05, 3.63) is 40.3 Å². The van der Waals surface area contributed by atoms with E-state index in [-0.39, 0.29) is 5.92 Å². The summed E-state index contributed by atoms with van der Waals surface area (Å²) in [6.45, 7) is 3.32. The highest BCUT2D eigenvalue weighted by molar-refractivity contribution is 7.22. The van der Waals surface area contributed by atoms with Gasteiger partial charge < -0.3 is 9.80 Å². The third-order valence-electron chi connectivity index (χ3n) is 5.11. The van der Waals surface area contributed by atoms with Crippen molar-refractivity contribution in [2.45, 2.75) is 19.4 Å². The van der Waals surface area contributed by atoms with Crippen molar-refractivity contribution in [1.29, 1.82) is 0 Å². The van der Waals surface area contributed by atoms with Gasteiger partial charge in [-0.05, 0) is 35.9 Å². The Bertz CT molecular complexity index is 901. The zero-order valence-electron chi connectivity index (χ0n) is 13.7. The largest absolute Gasteiger partial charge is 0.347 e. The summed E-state index contributed by atoms with van der Waals surface area (Å²) in [6.07, 6.45) is 5.52. The predicted octanol–water partition coefficient (Wildman–Crippen LogP) is 3.16. The van der Waals surface area contributed by atoms with Crippen LogP contribution >= 0.6 is 22.7 Å². The fraction of sp³-hybridized carbons (Fsp3) is 0.389. The molecule has 0 aromatic carbocycles. The number of pyridine rings is 1. The van der Waals surface area contributed by atoms with E-state index in [1.165, 1.54) is 10.4 Å². The van der Waals surface area contributed by atoms with Crippen molar-refractivity contribution < 1.29 is 4.79 Å². The highest BCUT2D eigenvalue weighted by Gasteiger charge is 2.34. The number of thiophene rings is 1. The summed E-state index contributed by atoms with van der Waals surface area (Å²) in [4.78, 5) is 27.5. The van der Waals surface area contributed by atoms with Crippen LogP contribution in [0.25, 0.3) is 10.2 Å². The van der Waals surface area contributed by atoms with E-state index in [2.05, 4.69) is 26.3 Å². The molecule has 0 radical (unpaired) electrons. The lowest BCUT2D eigenvalue weighted by Gasteiger charge is -2.29. The van der Waals surface area contributed by atoms with Crippen LogP contribution in [-0.4, -0.2) is 40.4 Å². The first-order valence-electron chi connectivity index (χ1n) is 8.57. The summed E-state index contributed by atoms with van der Waals surface area (Å²) < 4.78 is 1.15. The number of anilines is 1. The normalized spacial score (nSPS) is 20.2. The van der Waals surface area contributed by atoms with Gasteiger partial charge >= 0.3 is 0 Å². The first kappa shape index (κ1) is 15.3. The zero-order valence-corrected chi connectivity index (χ0v) is 15.4. The van der Waals surface area contributed by atoms with E-state index in [1.807, 2.05) is 22.3 Å². The number of fused-ring (bicyclic) bond motifs is 2. The summed E-state index contributed by atoms with van der Waals surface area (Å²) in [5, 5.41) is 3.15. The molecular weight excluding hydrogens is 352 g/mol. The van der Waals surface area contributed by atoms with Crippen LogP contribution in [0.4, 0.5) is 5.13 Å². The Morgan fingerprint density at radius 3 is 3.16 bits per heavy atom. The lowest BCUT2D eigenvalue weighted by atomic mass is 10.0. The van der Waals surface area contributed by atoms with Crippen molar-refractivity contribution in [1.82, 2.24) is 14.9 Å². The van der Waals surface area contributed by atoms with Gasteiger partial charge in [0.15, 0.2) is 5.13 Å². The third kappa shape index (κ3) is 2.71. The van der Waals surface area contributed by atoms with Crippen LogP contribution in [0.5, 0.6) is 0 Å². The van der Waals surface area contributed by atoms with Crippen molar-refractivity contribution in [2.24, 2.45) is 5.92 Å². The number of carbonyl (C=O) groups excluding carboxylic acids is 1. The Morgan fingerprint density at radius 1 is 1.28 bits per heavy atom. The van der Waals surface area contributed by atoms with E-state index in [0.29, 0.717) is 5.91 Å². The molecule has 0 N–H and O–H groups in total. The SMILES string of the molecule is O=C(C1CCN(c2nc3cnccc3s2)C1)N1CCc2sccc2C1. The van der Waals surface area contributed by atoms with Crippen LogP contribution in [0.3, 0.4) is 0 Å². The van der Waals surface area contributed by atoms with Gasteiger partial charge in [-0.1, -0.05) is 11.3 Å². The topological polar surface area (TPSA) is 49.3 Å². The lowest BCUT2D eigenvalue weighted by molar-refractivity contribution is -0.135. The molecule has 2 aliphatic rings. The number of carbonyl (C=O) groups is 1. The number of nitrogens with zero attached hydrogens (tertiary/aromatic N) is 4. The molecule has 5 rings (SSSR count). The van der Waals surface area contributed by atoms with E-state index in [4.69, 9.17) is 0 Å². The highest BCUT2D eigenvalue weighted by Crippen LogP contribution is 2.33. The molecule has 3 aromatic rings. The predicted molar refractivity (Wildman–Crippen MR) is 101 cm³/mol. The van der Waals surface area contributed by atoms with Crippen LogP contribution in [-0.2, 0) is 17.8 Å². The second-order valence-corrected chi connectivity index (χ2v) is 8.66. The van der Waals surface area contributed by atoms with Gasteiger partial charge in [0.05, 0.1) is 16.8 Å². The first-order chi connectivity index (χ1) is 12.3. The highest BCUT2D eigenvalue weighted by atomic mass is 32.1. The van der Waals surface area contributed by atoms with Gasteiger partial charge in [0.2, 0.25) is 5.91 Å². The van der Waals surface area contributed by atoms with Gasteiger partial charge in [0.1, 0.15) is 5.52 Å². The molecule has 1 unspecified atom stereocenters. The van der Waals surface area contributed by atoms with Crippen molar-refractivity contribution >= 4 is 43.9 Å². The lowest BCUT2D eigenvalue weighted by Crippen LogP contribution is -2.40. The first-order valence-corrected chi connectivity index (χ1v) is 10.3. The maximum Gasteiger partial charge on any atom is 0.227 e. The molecule has 1 fully saturated rings. The maximum atomic E-state index is 13.0. The van der Waals surface area contributed by atoms with Crippen LogP contribution in [0.1, 0.15) is 16.9 Å². The minimum Gasteiger partial charge on any atom is -0.347 e. The molecule has 2 aliphatic heterocycles. The zero-order chi connectivity index (χ0) is 16.8. The van der Waals surface area contributed by atoms with Crippen LogP contribution in [0, 0.1) is 5.92 Å². The number of amides is 1. The Kier molecular flexibility index (Phi) is 3.71. The van der Waals surface area contributed by atoms with Crippen LogP contribution < -0.4 is 4.90 Å². The van der Waals surface area contributed by atoms with E-state index in [0.717, 1.165) is 54.4 Å². The molecule has 5 heterocycles. The van der Waals surface area contributed by atoms with Gasteiger partial charge in [-0.25, -0.2) is 4.98 Å². The molecule has 0 aliphatic carbocycles. The molecule has 128 valence electrons. The number of rotatable bonds is 2. The number of aromatic nitrogens is 2. The Balaban J connectivity index is 1.29. The van der Waals surface area contributed by atoms with Gasteiger partial charge in [0.25, 0.3) is 0 Å². The summed E-state index contributed by atoms with van der Waals surface area (Å²) in [5.74, 6) is 0.396. The molecule has 5 nitrogen and oxygen atoms in total. The van der Waals surface area contributed by atoms with Crippen LogP contribution in [0.15, 0.2) is 29.9 Å². The fourth-order valence-corrected chi connectivity index (χ4v) is 5.59. The van der Waals surface area contributed by atoms with E-state index >= 15 is 0 Å². The standard InChI is InChI=1S/C18H18N4OS2/c23-17(21-7-3-15-12(10-21)4-8-24-15)13-2-6-22(11-13)18-20-14-9-19-5-1-16(14)25-18/h1,4-5,8-9,13H,2-3,6-7,10-11H2. The minimum atomic E-state index is 0.0883. The molecule has 0 bridgehead atoms. The molecule has 1 atom stereocenters. The summed E-state index contributed by atoms with van der Waals surface area (Å²) in [6, 6.07) is 4.16. The molecule has 1 amide bonds. The van der Waals surface area contributed by atoms with E-state index < -0.39 is 0 Å². The Labute approximate surface area is 153 Å². The van der Waals surface area contributed by atoms with Gasteiger partial charge in [0, 0.05) is 37.3 Å². The third-order valence-corrected chi connectivity index (χ3v) is 7.23. The molecule has 0 spiro atoms. The monoisotopic (exact) mass is 370 g/mol. The molecule has 7 heteroatoms. The Hall–Kier alpha value is -1.99. The fourth-order valence-electron chi connectivity index (χ4n) is 3.73. The second kappa shape index (κ2) is 6.07. The maximum absolute atomic E-state index is 13.0. The van der Waals surface area contributed by atoms with Gasteiger partial charge in [-0.2, -0.15) is 0 Å². The number of thiazole rings is 1. The van der Waals surface area contributed by atoms with E-state index in [1.54, 1.807) is 23.7 Å². The summed E-state index contributed by atoms with van der Waals surface area (Å²) in [7, 11) is 0. The van der Waals surface area contributed by atoms with Crippen molar-refractivity contribution in [3.63, 3.8) is 0 Å². The van der Waals surface area contributed by atoms with Crippen molar-refractivity contribution in [3.8, 4) is 0 Å². The molecule has 0 saturated carbocycles. The smallest absolute Gasteiger partial charge is 0.227 e. The molecule has 1 saturated heterocycles. The second-order valence-electron chi connectivity index (χ2n) is 6.65. The molecule has 25 heavy (non-hydrogen) atoms. The Morgan fingerprint density at radius 2 is 2.24 bits per heavy atom. The minimum absolute atomic E-state index is 0.0883. The van der Waals surface area contributed by atoms with Gasteiger partial charge in [-0.3, -0.25) is 9.78 Å². The average Bonchev–Trinajstić information content (AvgIpc) is 3.37.